The number of ether oxygens (including phenoxy) is 1. The SMILES string of the molecule is COC(=O)c1ccc(-c2ccc(C=C3NC(=O)N(Cc4ccc(Br)cc4)C3=O)o2)c(C)c1. The first kappa shape index (κ1) is 21.6. The molecule has 0 aliphatic carbocycles. The fourth-order valence-corrected chi connectivity index (χ4v) is 3.65. The molecule has 1 N–H and O–H groups in total. The predicted molar refractivity (Wildman–Crippen MR) is 121 cm³/mol. The number of hydrogen-bond donors (Lipinski definition) is 1. The number of aryl methyl sites for hydroxylation is 1. The van der Waals surface area contributed by atoms with Crippen LogP contribution >= 0.6 is 15.9 Å². The molecule has 0 spiro atoms. The van der Waals surface area contributed by atoms with E-state index < -0.39 is 17.9 Å². The molecular formula is C24H19BrN2O5. The minimum atomic E-state index is -0.481. The summed E-state index contributed by atoms with van der Waals surface area (Å²) in [5.41, 5.74) is 3.08. The molecule has 2 heterocycles. The Labute approximate surface area is 192 Å². The van der Waals surface area contributed by atoms with E-state index in [-0.39, 0.29) is 12.2 Å². The highest BCUT2D eigenvalue weighted by Gasteiger charge is 2.33. The van der Waals surface area contributed by atoms with Crippen molar-refractivity contribution in [2.24, 2.45) is 0 Å². The lowest BCUT2D eigenvalue weighted by Gasteiger charge is -2.11. The molecule has 3 amide bonds. The van der Waals surface area contributed by atoms with Crippen molar-refractivity contribution in [2.75, 3.05) is 7.11 Å². The highest BCUT2D eigenvalue weighted by Crippen LogP contribution is 2.28. The van der Waals surface area contributed by atoms with Gasteiger partial charge in [-0.05, 0) is 54.4 Å². The number of rotatable bonds is 5. The van der Waals surface area contributed by atoms with Gasteiger partial charge in [-0.15, -0.1) is 0 Å². The van der Waals surface area contributed by atoms with Crippen molar-refractivity contribution in [2.45, 2.75) is 13.5 Å². The molecule has 4 rings (SSSR count). The summed E-state index contributed by atoms with van der Waals surface area (Å²) in [6.45, 7) is 2.04. The molecule has 1 fully saturated rings. The first-order chi connectivity index (χ1) is 15.4. The Morgan fingerprint density at radius 1 is 1.12 bits per heavy atom. The fourth-order valence-electron chi connectivity index (χ4n) is 3.39. The van der Waals surface area contributed by atoms with Gasteiger partial charge in [-0.1, -0.05) is 34.1 Å². The van der Waals surface area contributed by atoms with Gasteiger partial charge in [-0.25, -0.2) is 9.59 Å². The monoisotopic (exact) mass is 494 g/mol. The van der Waals surface area contributed by atoms with Crippen molar-refractivity contribution >= 4 is 39.9 Å². The number of nitrogens with zero attached hydrogens (tertiary/aromatic N) is 1. The summed E-state index contributed by atoms with van der Waals surface area (Å²) >= 11 is 3.36. The van der Waals surface area contributed by atoms with E-state index in [2.05, 4.69) is 21.2 Å². The van der Waals surface area contributed by atoms with Gasteiger partial charge >= 0.3 is 12.0 Å². The molecule has 1 aliphatic rings. The molecule has 7 nitrogen and oxygen atoms in total. The van der Waals surface area contributed by atoms with Crippen molar-refractivity contribution in [3.05, 3.63) is 87.2 Å². The molecule has 8 heteroatoms. The Hall–Kier alpha value is -3.65. The van der Waals surface area contributed by atoms with E-state index in [9.17, 15) is 14.4 Å². The quantitative estimate of drug-likeness (QED) is 0.309. The maximum Gasteiger partial charge on any atom is 0.337 e. The lowest BCUT2D eigenvalue weighted by molar-refractivity contribution is -0.123. The predicted octanol–water partition coefficient (Wildman–Crippen LogP) is 4.90. The van der Waals surface area contributed by atoms with Crippen molar-refractivity contribution < 1.29 is 23.5 Å². The van der Waals surface area contributed by atoms with Gasteiger partial charge in [0.1, 0.15) is 17.2 Å². The van der Waals surface area contributed by atoms with Gasteiger partial charge in [0.25, 0.3) is 5.91 Å². The van der Waals surface area contributed by atoms with Gasteiger partial charge in [-0.2, -0.15) is 0 Å². The smallest absolute Gasteiger partial charge is 0.337 e. The molecule has 1 saturated heterocycles. The van der Waals surface area contributed by atoms with Crippen LogP contribution in [0.2, 0.25) is 0 Å². The Kier molecular flexibility index (Phi) is 5.96. The van der Waals surface area contributed by atoms with Crippen LogP contribution in [0.1, 0.15) is 27.2 Å². The lowest BCUT2D eigenvalue weighted by Crippen LogP contribution is -2.30. The number of nitrogens with one attached hydrogen (secondary N) is 1. The van der Waals surface area contributed by atoms with E-state index in [0.29, 0.717) is 17.1 Å². The van der Waals surface area contributed by atoms with Gasteiger partial charge in [0.15, 0.2) is 0 Å². The van der Waals surface area contributed by atoms with Crippen LogP contribution in [-0.2, 0) is 16.1 Å². The maximum absolute atomic E-state index is 12.7. The number of hydrogen-bond acceptors (Lipinski definition) is 5. The van der Waals surface area contributed by atoms with Crippen molar-refractivity contribution in [1.29, 1.82) is 0 Å². The Bertz CT molecular complexity index is 1240. The zero-order chi connectivity index (χ0) is 22.8. The molecule has 0 unspecified atom stereocenters. The first-order valence-corrected chi connectivity index (χ1v) is 10.5. The summed E-state index contributed by atoms with van der Waals surface area (Å²) in [5, 5.41) is 2.60. The summed E-state index contributed by atoms with van der Waals surface area (Å²) < 4.78 is 11.5. The second-order valence-electron chi connectivity index (χ2n) is 7.23. The molecule has 3 aromatic rings. The van der Waals surface area contributed by atoms with Crippen molar-refractivity contribution in [1.82, 2.24) is 10.2 Å². The zero-order valence-electron chi connectivity index (χ0n) is 17.3. The summed E-state index contributed by atoms with van der Waals surface area (Å²) in [6, 6.07) is 15.6. The number of amides is 3. The third-order valence-corrected chi connectivity index (χ3v) is 5.57. The number of urea groups is 1. The molecule has 0 atom stereocenters. The van der Waals surface area contributed by atoms with Crippen LogP contribution in [0.3, 0.4) is 0 Å². The zero-order valence-corrected chi connectivity index (χ0v) is 18.9. The van der Waals surface area contributed by atoms with E-state index in [1.807, 2.05) is 31.2 Å². The molecule has 32 heavy (non-hydrogen) atoms. The highest BCUT2D eigenvalue weighted by molar-refractivity contribution is 9.10. The van der Waals surface area contributed by atoms with E-state index >= 15 is 0 Å². The van der Waals surface area contributed by atoms with Crippen molar-refractivity contribution in [3.8, 4) is 11.3 Å². The van der Waals surface area contributed by atoms with Crippen molar-refractivity contribution in [3.63, 3.8) is 0 Å². The Balaban J connectivity index is 1.53. The normalized spacial score (nSPS) is 14.7. The number of carbonyl (C=O) groups excluding carboxylic acids is 3. The largest absolute Gasteiger partial charge is 0.465 e. The second kappa shape index (κ2) is 8.84. The number of imide groups is 1. The molecule has 162 valence electrons. The molecule has 1 aliphatic heterocycles. The van der Waals surface area contributed by atoms with E-state index in [0.717, 1.165) is 26.1 Å². The Morgan fingerprint density at radius 3 is 2.56 bits per heavy atom. The summed E-state index contributed by atoms with van der Waals surface area (Å²) in [7, 11) is 1.33. The number of methoxy groups -OCH3 is 1. The number of esters is 1. The average Bonchev–Trinajstić information content (AvgIpc) is 3.34. The molecule has 0 bridgehead atoms. The number of furan rings is 1. The molecule has 2 aromatic carbocycles. The van der Waals surface area contributed by atoms with Gasteiger partial charge in [0, 0.05) is 16.1 Å². The van der Waals surface area contributed by atoms with Crippen LogP contribution in [0, 0.1) is 6.92 Å². The fraction of sp³-hybridized carbons (Fsp3) is 0.125. The van der Waals surface area contributed by atoms with Crippen LogP contribution in [0.15, 0.2) is 69.2 Å². The number of halogens is 1. The van der Waals surface area contributed by atoms with Crippen LogP contribution in [0.5, 0.6) is 0 Å². The average molecular weight is 495 g/mol. The van der Waals surface area contributed by atoms with Gasteiger partial charge < -0.3 is 14.5 Å². The molecule has 0 radical (unpaired) electrons. The number of benzene rings is 2. The maximum atomic E-state index is 12.7. The van der Waals surface area contributed by atoms with Crippen LogP contribution in [-0.4, -0.2) is 29.9 Å². The third-order valence-electron chi connectivity index (χ3n) is 5.04. The third kappa shape index (κ3) is 4.36. The minimum absolute atomic E-state index is 0.144. The van der Waals surface area contributed by atoms with Gasteiger partial charge in [0.05, 0.1) is 19.2 Å². The van der Waals surface area contributed by atoms with Crippen LogP contribution in [0.4, 0.5) is 4.79 Å². The van der Waals surface area contributed by atoms with E-state index in [1.54, 1.807) is 30.3 Å². The summed E-state index contributed by atoms with van der Waals surface area (Å²) in [6.07, 6.45) is 1.50. The number of carbonyl (C=O) groups is 3. The van der Waals surface area contributed by atoms with E-state index in [4.69, 9.17) is 9.15 Å². The molecule has 0 saturated carbocycles. The summed E-state index contributed by atoms with van der Waals surface area (Å²) in [4.78, 5) is 37.9. The van der Waals surface area contributed by atoms with Gasteiger partial charge in [0.2, 0.25) is 0 Å². The summed E-state index contributed by atoms with van der Waals surface area (Å²) in [5.74, 6) is 0.169. The highest BCUT2D eigenvalue weighted by atomic mass is 79.9. The molecular weight excluding hydrogens is 476 g/mol. The van der Waals surface area contributed by atoms with Crippen LogP contribution < -0.4 is 5.32 Å². The second-order valence-corrected chi connectivity index (χ2v) is 8.14. The van der Waals surface area contributed by atoms with Crippen LogP contribution in [0.25, 0.3) is 17.4 Å². The minimum Gasteiger partial charge on any atom is -0.465 e. The topological polar surface area (TPSA) is 88.9 Å². The van der Waals surface area contributed by atoms with E-state index in [1.165, 1.54) is 13.2 Å². The molecule has 1 aromatic heterocycles. The Morgan fingerprint density at radius 2 is 1.88 bits per heavy atom. The van der Waals surface area contributed by atoms with Gasteiger partial charge in [-0.3, -0.25) is 9.69 Å². The standard InChI is InChI=1S/C24H19BrN2O5/c1-14-11-16(23(29)31-2)5-9-19(14)21-10-8-18(32-21)12-20-22(28)27(24(30)26-20)13-15-3-6-17(25)7-4-15/h3-12H,13H2,1-2H3,(H,26,30). The first-order valence-electron chi connectivity index (χ1n) is 9.74. The lowest BCUT2D eigenvalue weighted by atomic mass is 10.0.